The van der Waals surface area contributed by atoms with E-state index in [0.717, 1.165) is 12.8 Å². The Bertz CT molecular complexity index is 236. The van der Waals surface area contributed by atoms with Crippen LogP contribution in [0.15, 0.2) is 12.2 Å². The highest BCUT2D eigenvalue weighted by atomic mass is 15.0. The fraction of sp³-hybridized carbons (Fsp3) is 0.867. The van der Waals surface area contributed by atoms with Gasteiger partial charge in [0.05, 0.1) is 0 Å². The molecule has 2 atom stereocenters. The van der Waals surface area contributed by atoms with Gasteiger partial charge >= 0.3 is 0 Å². The van der Waals surface area contributed by atoms with Gasteiger partial charge in [0.25, 0.3) is 0 Å². The van der Waals surface area contributed by atoms with E-state index in [0.29, 0.717) is 0 Å². The van der Waals surface area contributed by atoms with Crippen LogP contribution >= 0.6 is 0 Å². The second-order valence-electron chi connectivity index (χ2n) is 6.33. The molecule has 2 unspecified atom stereocenters. The van der Waals surface area contributed by atoms with Crippen LogP contribution in [-0.2, 0) is 0 Å². The summed E-state index contributed by atoms with van der Waals surface area (Å²) in [6.45, 7) is 18.1. The van der Waals surface area contributed by atoms with Gasteiger partial charge in [-0.05, 0) is 47.5 Å². The third-order valence-corrected chi connectivity index (χ3v) is 3.89. The molecule has 0 aromatic heterocycles. The van der Waals surface area contributed by atoms with Crippen molar-refractivity contribution in [1.82, 2.24) is 5.32 Å². The molecule has 0 rings (SSSR count). The maximum Gasteiger partial charge on any atom is 0.0243 e. The molecule has 0 aliphatic carbocycles. The Morgan fingerprint density at radius 1 is 0.938 bits per heavy atom. The lowest BCUT2D eigenvalue weighted by molar-refractivity contribution is 0.119. The van der Waals surface area contributed by atoms with Crippen LogP contribution in [0.25, 0.3) is 0 Å². The van der Waals surface area contributed by atoms with Crippen LogP contribution in [0.1, 0.15) is 68.2 Å². The second kappa shape index (κ2) is 5.35. The minimum Gasteiger partial charge on any atom is -0.306 e. The first-order valence-electron chi connectivity index (χ1n) is 6.57. The molecule has 0 aliphatic heterocycles. The van der Waals surface area contributed by atoms with E-state index in [4.69, 9.17) is 0 Å². The van der Waals surface area contributed by atoms with Crippen molar-refractivity contribution >= 4 is 0 Å². The average Bonchev–Trinajstić information content (AvgIpc) is 2.15. The molecule has 96 valence electrons. The van der Waals surface area contributed by atoms with Crippen LogP contribution < -0.4 is 5.32 Å². The zero-order chi connectivity index (χ0) is 13.0. The van der Waals surface area contributed by atoms with Gasteiger partial charge in [0.1, 0.15) is 0 Å². The van der Waals surface area contributed by atoms with Crippen molar-refractivity contribution in [2.24, 2.45) is 5.41 Å². The Morgan fingerprint density at radius 3 is 1.69 bits per heavy atom. The van der Waals surface area contributed by atoms with Crippen molar-refractivity contribution in [1.29, 1.82) is 0 Å². The van der Waals surface area contributed by atoms with Crippen LogP contribution in [0.4, 0.5) is 0 Å². The molecule has 16 heavy (non-hydrogen) atoms. The monoisotopic (exact) mass is 225 g/mol. The number of nitrogens with one attached hydrogen (secondary N) is 1. The molecule has 1 heteroatoms. The standard InChI is InChI=1S/C15H31N/c1-9-12-14(7,10-2)15(8,11-3)16-13(4,5)6/h9,12,16H,10-11H2,1-8H3/b12-9+. The normalized spacial score (nSPS) is 20.8. The summed E-state index contributed by atoms with van der Waals surface area (Å²) in [7, 11) is 0. The minimum absolute atomic E-state index is 0.145. The molecule has 0 aromatic rings. The summed E-state index contributed by atoms with van der Waals surface area (Å²) in [4.78, 5) is 0. The molecule has 0 saturated heterocycles. The summed E-state index contributed by atoms with van der Waals surface area (Å²) in [5.74, 6) is 0. The van der Waals surface area contributed by atoms with Gasteiger partial charge in [-0.2, -0.15) is 0 Å². The quantitative estimate of drug-likeness (QED) is 0.678. The topological polar surface area (TPSA) is 12.0 Å². The summed E-state index contributed by atoms with van der Waals surface area (Å²) in [5, 5.41) is 3.81. The number of allylic oxidation sites excluding steroid dienone is 1. The highest BCUT2D eigenvalue weighted by Crippen LogP contribution is 2.39. The maximum atomic E-state index is 3.81. The lowest BCUT2D eigenvalue weighted by Crippen LogP contribution is -2.59. The van der Waals surface area contributed by atoms with Gasteiger partial charge in [0.2, 0.25) is 0 Å². The Hall–Kier alpha value is -0.300. The lowest BCUT2D eigenvalue weighted by atomic mass is 9.67. The average molecular weight is 225 g/mol. The Morgan fingerprint density at radius 2 is 1.44 bits per heavy atom. The van der Waals surface area contributed by atoms with Crippen LogP contribution in [0.2, 0.25) is 0 Å². The molecule has 1 N–H and O–H groups in total. The fourth-order valence-corrected chi connectivity index (χ4v) is 2.52. The van der Waals surface area contributed by atoms with Gasteiger partial charge in [-0.3, -0.25) is 0 Å². The number of hydrogen-bond donors (Lipinski definition) is 1. The predicted octanol–water partition coefficient (Wildman–Crippen LogP) is 4.54. The first-order valence-corrected chi connectivity index (χ1v) is 6.57. The van der Waals surface area contributed by atoms with Crippen molar-refractivity contribution in [2.45, 2.75) is 79.3 Å². The molecule has 0 bridgehead atoms. The third kappa shape index (κ3) is 3.62. The van der Waals surface area contributed by atoms with Crippen LogP contribution in [0.3, 0.4) is 0 Å². The molecule has 0 aromatic carbocycles. The van der Waals surface area contributed by atoms with Crippen molar-refractivity contribution in [2.75, 3.05) is 0 Å². The molecule has 0 amide bonds. The zero-order valence-corrected chi connectivity index (χ0v) is 12.6. The third-order valence-electron chi connectivity index (χ3n) is 3.89. The Kier molecular flexibility index (Phi) is 5.25. The molecule has 1 nitrogen and oxygen atoms in total. The van der Waals surface area contributed by atoms with E-state index in [9.17, 15) is 0 Å². The Labute approximate surface area is 103 Å². The van der Waals surface area contributed by atoms with E-state index in [1.165, 1.54) is 0 Å². The number of hydrogen-bond acceptors (Lipinski definition) is 1. The first kappa shape index (κ1) is 15.7. The van der Waals surface area contributed by atoms with Gasteiger partial charge in [0, 0.05) is 16.5 Å². The lowest BCUT2D eigenvalue weighted by Gasteiger charge is -2.49. The van der Waals surface area contributed by atoms with Crippen molar-refractivity contribution in [3.05, 3.63) is 12.2 Å². The molecule has 0 heterocycles. The van der Waals surface area contributed by atoms with Gasteiger partial charge in [-0.1, -0.05) is 32.9 Å². The summed E-state index contributed by atoms with van der Waals surface area (Å²) in [6.07, 6.45) is 6.83. The van der Waals surface area contributed by atoms with Gasteiger partial charge in [-0.15, -0.1) is 0 Å². The zero-order valence-electron chi connectivity index (χ0n) is 12.6. The van der Waals surface area contributed by atoms with E-state index in [1.54, 1.807) is 0 Å². The van der Waals surface area contributed by atoms with E-state index in [-0.39, 0.29) is 16.5 Å². The van der Waals surface area contributed by atoms with Crippen LogP contribution in [0, 0.1) is 5.41 Å². The maximum absolute atomic E-state index is 3.81. The Balaban J connectivity index is 5.20. The molecular formula is C15H31N. The van der Waals surface area contributed by atoms with E-state index < -0.39 is 0 Å². The van der Waals surface area contributed by atoms with Crippen molar-refractivity contribution in [3.63, 3.8) is 0 Å². The van der Waals surface area contributed by atoms with Crippen molar-refractivity contribution in [3.8, 4) is 0 Å². The molecular weight excluding hydrogens is 194 g/mol. The summed E-state index contributed by atoms with van der Waals surface area (Å²) >= 11 is 0. The molecule has 0 saturated carbocycles. The van der Waals surface area contributed by atoms with Crippen LogP contribution in [0.5, 0.6) is 0 Å². The largest absolute Gasteiger partial charge is 0.306 e. The molecule has 0 aliphatic rings. The molecule has 0 fully saturated rings. The summed E-state index contributed by atoms with van der Waals surface area (Å²) in [5.41, 5.74) is 0.513. The molecule has 0 spiro atoms. The van der Waals surface area contributed by atoms with Crippen LogP contribution in [-0.4, -0.2) is 11.1 Å². The van der Waals surface area contributed by atoms with Gasteiger partial charge < -0.3 is 5.32 Å². The predicted molar refractivity (Wildman–Crippen MR) is 74.8 cm³/mol. The van der Waals surface area contributed by atoms with E-state index in [1.807, 2.05) is 0 Å². The van der Waals surface area contributed by atoms with Gasteiger partial charge in [0.15, 0.2) is 0 Å². The summed E-state index contributed by atoms with van der Waals surface area (Å²) < 4.78 is 0. The van der Waals surface area contributed by atoms with E-state index in [2.05, 4.69) is 72.9 Å². The first-order chi connectivity index (χ1) is 7.14. The van der Waals surface area contributed by atoms with Crippen molar-refractivity contribution < 1.29 is 0 Å². The molecule has 0 radical (unpaired) electrons. The van der Waals surface area contributed by atoms with E-state index >= 15 is 0 Å². The smallest absolute Gasteiger partial charge is 0.0243 e. The van der Waals surface area contributed by atoms with Gasteiger partial charge in [-0.25, -0.2) is 0 Å². The second-order valence-corrected chi connectivity index (χ2v) is 6.33. The summed E-state index contributed by atoms with van der Waals surface area (Å²) in [6, 6.07) is 0. The minimum atomic E-state index is 0.145. The number of rotatable bonds is 5. The SMILES string of the molecule is C/C=C/C(C)(CC)C(C)(CC)NC(C)(C)C. The highest BCUT2D eigenvalue weighted by Gasteiger charge is 2.41. The highest BCUT2D eigenvalue weighted by molar-refractivity contribution is 5.10. The fourth-order valence-electron chi connectivity index (χ4n) is 2.52.